The second-order valence-corrected chi connectivity index (χ2v) is 6.89. The number of aliphatic hydroxyl groups is 2. The molecular formula is C20H24F3N3O2. The first kappa shape index (κ1) is 20.7. The van der Waals surface area contributed by atoms with Crippen molar-refractivity contribution in [3.8, 4) is 11.1 Å². The van der Waals surface area contributed by atoms with Gasteiger partial charge in [0, 0.05) is 17.8 Å². The molecule has 0 aliphatic carbocycles. The number of alkyl halides is 3. The van der Waals surface area contributed by atoms with Crippen LogP contribution >= 0.6 is 0 Å². The maximum Gasteiger partial charge on any atom is 0.277 e. The minimum Gasteiger partial charge on any atom is -0.387 e. The normalized spacial score (nSPS) is 20.3. The minimum absolute atomic E-state index is 0.292. The molecular weight excluding hydrogens is 371 g/mol. The highest BCUT2D eigenvalue weighted by molar-refractivity contribution is 5.62. The maximum atomic E-state index is 13.1. The van der Waals surface area contributed by atoms with E-state index in [1.54, 1.807) is 30.5 Å². The van der Waals surface area contributed by atoms with Crippen LogP contribution in [0.5, 0.6) is 0 Å². The largest absolute Gasteiger partial charge is 0.387 e. The van der Waals surface area contributed by atoms with Crippen LogP contribution in [0.4, 0.5) is 13.2 Å². The van der Waals surface area contributed by atoms with Crippen LogP contribution in [-0.2, 0) is 0 Å². The molecule has 1 aromatic heterocycles. The van der Waals surface area contributed by atoms with Crippen LogP contribution in [0.25, 0.3) is 11.1 Å². The predicted octanol–water partition coefficient (Wildman–Crippen LogP) is 2.72. The van der Waals surface area contributed by atoms with Gasteiger partial charge in [0.15, 0.2) is 6.23 Å². The van der Waals surface area contributed by atoms with Crippen molar-refractivity contribution in [3.05, 3.63) is 53.9 Å². The molecule has 8 heteroatoms. The Bertz CT molecular complexity index is 737. The highest BCUT2D eigenvalue weighted by Crippen LogP contribution is 2.26. The first-order valence-electron chi connectivity index (χ1n) is 9.25. The molecule has 0 saturated carbocycles. The van der Waals surface area contributed by atoms with Crippen molar-refractivity contribution in [2.45, 2.75) is 43.7 Å². The smallest absolute Gasteiger partial charge is 0.277 e. The van der Waals surface area contributed by atoms with E-state index < -0.39 is 31.5 Å². The third-order valence-electron chi connectivity index (χ3n) is 4.96. The SMILES string of the molecule is OC(N[C@H](CF)[C@H](O)c1ccc(-c2ccc(C3CCCN3)nc2)cc1)C(F)F. The van der Waals surface area contributed by atoms with E-state index in [0.29, 0.717) is 11.6 Å². The van der Waals surface area contributed by atoms with E-state index in [2.05, 4.69) is 10.3 Å². The average Bonchev–Trinajstić information content (AvgIpc) is 3.26. The van der Waals surface area contributed by atoms with Gasteiger partial charge in [0.25, 0.3) is 6.43 Å². The summed E-state index contributed by atoms with van der Waals surface area (Å²) < 4.78 is 38.0. The van der Waals surface area contributed by atoms with E-state index in [0.717, 1.165) is 36.2 Å². The monoisotopic (exact) mass is 395 g/mol. The first-order valence-corrected chi connectivity index (χ1v) is 9.25. The standard InChI is InChI=1S/C20H24F3N3O2/c21-10-17(26-20(28)19(22)23)18(27)13-5-3-12(4-6-13)14-7-8-16(25-11-14)15-2-1-9-24-15/h3-8,11,15,17-20,24,26-28H,1-2,9-10H2/t15?,17-,18-,20?/m1/s1. The van der Waals surface area contributed by atoms with Gasteiger partial charge in [-0.1, -0.05) is 30.3 Å². The zero-order chi connectivity index (χ0) is 20.1. The second kappa shape index (κ2) is 9.47. The van der Waals surface area contributed by atoms with E-state index >= 15 is 0 Å². The van der Waals surface area contributed by atoms with Crippen molar-refractivity contribution >= 4 is 0 Å². The Labute approximate surface area is 161 Å². The Balaban J connectivity index is 1.68. The van der Waals surface area contributed by atoms with Crippen molar-refractivity contribution in [1.82, 2.24) is 15.6 Å². The van der Waals surface area contributed by atoms with E-state index in [1.807, 2.05) is 17.4 Å². The van der Waals surface area contributed by atoms with Gasteiger partial charge in [-0.2, -0.15) is 0 Å². The molecule has 5 nitrogen and oxygen atoms in total. The third kappa shape index (κ3) is 4.88. The Morgan fingerprint density at radius 3 is 2.36 bits per heavy atom. The molecule has 1 aliphatic heterocycles. The highest BCUT2D eigenvalue weighted by Gasteiger charge is 2.27. The molecule has 152 valence electrons. The van der Waals surface area contributed by atoms with Crippen molar-refractivity contribution in [2.75, 3.05) is 13.2 Å². The maximum absolute atomic E-state index is 13.1. The summed E-state index contributed by atoms with van der Waals surface area (Å²) in [7, 11) is 0. The summed E-state index contributed by atoms with van der Waals surface area (Å²) in [4.78, 5) is 4.51. The number of hydrogen-bond donors (Lipinski definition) is 4. The number of nitrogens with zero attached hydrogens (tertiary/aromatic N) is 1. The topological polar surface area (TPSA) is 77.4 Å². The van der Waals surface area contributed by atoms with Crippen LogP contribution in [0.2, 0.25) is 0 Å². The number of aromatic nitrogens is 1. The van der Waals surface area contributed by atoms with Gasteiger partial charge in [-0.3, -0.25) is 10.3 Å². The van der Waals surface area contributed by atoms with E-state index in [1.165, 1.54) is 0 Å². The highest BCUT2D eigenvalue weighted by atomic mass is 19.3. The molecule has 28 heavy (non-hydrogen) atoms. The number of pyridine rings is 1. The van der Waals surface area contributed by atoms with Gasteiger partial charge in [0.1, 0.15) is 6.67 Å². The summed E-state index contributed by atoms with van der Waals surface area (Å²) in [6, 6.07) is 9.62. The summed E-state index contributed by atoms with van der Waals surface area (Å²) >= 11 is 0. The Morgan fingerprint density at radius 1 is 1.11 bits per heavy atom. The van der Waals surface area contributed by atoms with Crippen LogP contribution in [0.15, 0.2) is 42.6 Å². The summed E-state index contributed by atoms with van der Waals surface area (Å²) in [6.45, 7) is -0.103. The van der Waals surface area contributed by atoms with E-state index in [-0.39, 0.29) is 0 Å². The van der Waals surface area contributed by atoms with Gasteiger partial charge >= 0.3 is 0 Å². The molecule has 1 aliphatic rings. The van der Waals surface area contributed by atoms with Gasteiger partial charge in [-0.05, 0) is 36.6 Å². The van der Waals surface area contributed by atoms with Gasteiger partial charge in [-0.25, -0.2) is 13.2 Å². The number of nitrogens with one attached hydrogen (secondary N) is 2. The number of rotatable bonds is 8. The Morgan fingerprint density at radius 2 is 1.82 bits per heavy atom. The fourth-order valence-corrected chi connectivity index (χ4v) is 3.34. The van der Waals surface area contributed by atoms with Gasteiger partial charge in [-0.15, -0.1) is 0 Å². The van der Waals surface area contributed by atoms with Crippen LogP contribution in [0.3, 0.4) is 0 Å². The fourth-order valence-electron chi connectivity index (χ4n) is 3.34. The fraction of sp³-hybridized carbons (Fsp3) is 0.450. The molecule has 4 N–H and O–H groups in total. The molecule has 1 fully saturated rings. The second-order valence-electron chi connectivity index (χ2n) is 6.89. The average molecular weight is 395 g/mol. The molecule has 2 aromatic rings. The van der Waals surface area contributed by atoms with Crippen LogP contribution in [0.1, 0.15) is 36.2 Å². The summed E-state index contributed by atoms with van der Waals surface area (Å²) in [6.07, 6.45) is -2.65. The van der Waals surface area contributed by atoms with Crippen molar-refractivity contribution in [3.63, 3.8) is 0 Å². The van der Waals surface area contributed by atoms with Gasteiger partial charge in [0.2, 0.25) is 0 Å². The van der Waals surface area contributed by atoms with Crippen molar-refractivity contribution < 1.29 is 23.4 Å². The molecule has 2 heterocycles. The molecule has 0 radical (unpaired) electrons. The number of aliphatic hydroxyl groups excluding tert-OH is 2. The third-order valence-corrected chi connectivity index (χ3v) is 4.96. The quantitative estimate of drug-likeness (QED) is 0.517. The molecule has 0 bridgehead atoms. The lowest BCUT2D eigenvalue weighted by Crippen LogP contribution is -2.46. The molecule has 0 amide bonds. The number of halogens is 3. The van der Waals surface area contributed by atoms with Crippen molar-refractivity contribution in [1.29, 1.82) is 0 Å². The molecule has 2 unspecified atom stereocenters. The van der Waals surface area contributed by atoms with Crippen LogP contribution in [-0.4, -0.2) is 47.1 Å². The Kier molecular flexibility index (Phi) is 7.01. The molecule has 1 saturated heterocycles. The number of benzene rings is 1. The zero-order valence-electron chi connectivity index (χ0n) is 15.2. The lowest BCUT2D eigenvalue weighted by molar-refractivity contribution is -0.0444. The molecule has 1 aromatic carbocycles. The summed E-state index contributed by atoms with van der Waals surface area (Å²) in [5, 5.41) is 24.8. The minimum atomic E-state index is -3.07. The summed E-state index contributed by atoms with van der Waals surface area (Å²) in [5.41, 5.74) is 3.13. The Hall–Kier alpha value is -2.00. The summed E-state index contributed by atoms with van der Waals surface area (Å²) in [5.74, 6) is 0. The molecule has 3 rings (SSSR count). The van der Waals surface area contributed by atoms with E-state index in [4.69, 9.17) is 5.11 Å². The van der Waals surface area contributed by atoms with E-state index in [9.17, 15) is 18.3 Å². The molecule has 4 atom stereocenters. The van der Waals surface area contributed by atoms with Crippen LogP contribution < -0.4 is 10.6 Å². The zero-order valence-corrected chi connectivity index (χ0v) is 15.2. The van der Waals surface area contributed by atoms with Crippen LogP contribution in [0, 0.1) is 0 Å². The number of hydrogen-bond acceptors (Lipinski definition) is 5. The van der Waals surface area contributed by atoms with Crippen molar-refractivity contribution in [2.24, 2.45) is 0 Å². The first-order chi connectivity index (χ1) is 13.5. The lowest BCUT2D eigenvalue weighted by atomic mass is 9.99. The predicted molar refractivity (Wildman–Crippen MR) is 99.5 cm³/mol. The molecule has 0 spiro atoms. The van der Waals surface area contributed by atoms with Gasteiger partial charge in [0.05, 0.1) is 17.8 Å². The lowest BCUT2D eigenvalue weighted by Gasteiger charge is -2.24. The van der Waals surface area contributed by atoms with Gasteiger partial charge < -0.3 is 15.5 Å².